The Hall–Kier alpha value is -3.21. The van der Waals surface area contributed by atoms with Crippen molar-refractivity contribution in [2.24, 2.45) is 5.73 Å². The number of hydrogen-bond donors (Lipinski definition) is 3. The van der Waals surface area contributed by atoms with Crippen LogP contribution in [0.1, 0.15) is 42.4 Å². The van der Waals surface area contributed by atoms with Gasteiger partial charge in [0.15, 0.2) is 0 Å². The first kappa shape index (κ1) is 32.3. The highest BCUT2D eigenvalue weighted by molar-refractivity contribution is 5.87. The standard InChI is InChI=1S/C19H21FN2O2.C12H15FN2O.ClH/c20-17-8-6-16(7-9-17)19(18(23)21-24)10-12-22(13-11-19)14-15-4-2-1-3-5-15;13-10-3-1-9(2-4-10)12(11(14)16)5-7-15-8-6-12;/h1-9H,10-14,21H2;1-4,15H,5-8H2,(H2,14,16);1H. The number of amides is 2. The number of hydrogen-bond acceptors (Lipinski definition) is 5. The maximum Gasteiger partial charge on any atom is 0.321 e. The summed E-state index contributed by atoms with van der Waals surface area (Å²) in [6.07, 6.45) is 2.49. The van der Waals surface area contributed by atoms with Crippen LogP contribution in [0.3, 0.4) is 0 Å². The molecule has 0 unspecified atom stereocenters. The van der Waals surface area contributed by atoms with E-state index in [0.717, 1.165) is 43.9 Å². The minimum atomic E-state index is -0.817. The van der Waals surface area contributed by atoms with Crippen LogP contribution in [0.4, 0.5) is 8.78 Å². The lowest BCUT2D eigenvalue weighted by Gasteiger charge is -2.39. The van der Waals surface area contributed by atoms with Crippen LogP contribution in [0.2, 0.25) is 0 Å². The Morgan fingerprint density at radius 2 is 1.29 bits per heavy atom. The number of carbonyl (C=O) groups is 2. The molecule has 0 radical (unpaired) electrons. The Morgan fingerprint density at radius 1 is 0.805 bits per heavy atom. The van der Waals surface area contributed by atoms with Crippen molar-refractivity contribution in [1.82, 2.24) is 10.2 Å². The maximum atomic E-state index is 13.2. The first-order chi connectivity index (χ1) is 19.3. The highest BCUT2D eigenvalue weighted by Gasteiger charge is 2.45. The van der Waals surface area contributed by atoms with Crippen molar-refractivity contribution in [3.8, 4) is 0 Å². The normalized spacial score (nSPS) is 17.8. The first-order valence-corrected chi connectivity index (χ1v) is 13.6. The third-order valence-electron chi connectivity index (χ3n) is 8.26. The van der Waals surface area contributed by atoms with Gasteiger partial charge in [0, 0.05) is 19.6 Å². The number of nitrogens with zero attached hydrogens (tertiary/aromatic N) is 1. The van der Waals surface area contributed by atoms with E-state index in [-0.39, 0.29) is 29.9 Å². The van der Waals surface area contributed by atoms with E-state index in [4.69, 9.17) is 5.73 Å². The lowest BCUT2D eigenvalue weighted by atomic mass is 9.72. The van der Waals surface area contributed by atoms with Gasteiger partial charge in [0.2, 0.25) is 5.91 Å². The second-order valence-electron chi connectivity index (χ2n) is 10.5. The molecule has 220 valence electrons. The highest BCUT2D eigenvalue weighted by Crippen LogP contribution is 2.36. The number of likely N-dealkylation sites (tertiary alicyclic amines) is 1. The summed E-state index contributed by atoms with van der Waals surface area (Å²) in [5, 5.41) is 14.4. The van der Waals surface area contributed by atoms with Gasteiger partial charge in [-0.2, -0.15) is 0 Å². The van der Waals surface area contributed by atoms with E-state index in [1.165, 1.54) is 29.8 Å². The van der Waals surface area contributed by atoms with E-state index in [0.29, 0.717) is 31.2 Å². The average Bonchev–Trinajstić information content (AvgIpc) is 2.99. The molecule has 3 aromatic carbocycles. The number of quaternary nitrogens is 1. The van der Waals surface area contributed by atoms with Gasteiger partial charge in [-0.25, -0.2) is 13.6 Å². The molecule has 2 amide bonds. The molecule has 0 bridgehead atoms. The highest BCUT2D eigenvalue weighted by atomic mass is 35.5. The first-order valence-electron chi connectivity index (χ1n) is 13.6. The molecule has 0 aromatic heterocycles. The zero-order valence-electron chi connectivity index (χ0n) is 22.9. The molecule has 0 aliphatic carbocycles. The Kier molecular flexibility index (Phi) is 11.5. The zero-order valence-corrected chi connectivity index (χ0v) is 23.7. The van der Waals surface area contributed by atoms with Gasteiger partial charge in [-0.3, -0.25) is 9.69 Å². The van der Waals surface area contributed by atoms with Crippen LogP contribution in [0, 0.1) is 16.8 Å². The maximum absolute atomic E-state index is 13.2. The van der Waals surface area contributed by atoms with Gasteiger partial charge in [0.05, 0.1) is 5.41 Å². The van der Waals surface area contributed by atoms with Gasteiger partial charge in [-0.1, -0.05) is 54.6 Å². The number of primary amides is 2. The Balaban J connectivity index is 0.000000238. The van der Waals surface area contributed by atoms with E-state index in [2.05, 4.69) is 22.3 Å². The molecule has 2 aliphatic rings. The van der Waals surface area contributed by atoms with Crippen LogP contribution < -0.4 is 16.5 Å². The van der Waals surface area contributed by atoms with Gasteiger partial charge < -0.3 is 21.7 Å². The minimum absolute atomic E-state index is 0. The van der Waals surface area contributed by atoms with E-state index in [1.807, 2.05) is 18.2 Å². The summed E-state index contributed by atoms with van der Waals surface area (Å²) in [6.45, 7) is 3.81. The molecule has 41 heavy (non-hydrogen) atoms. The molecular weight excluding hydrogens is 550 g/mol. The Labute approximate surface area is 245 Å². The SMILES string of the molecule is Cl.NC(=O)C1(c2ccc(F)cc2)CCNCC1.O=C([NH2+][O-])C1(c2ccc(F)cc2)CCN(Cc2ccccc2)CC1. The van der Waals surface area contributed by atoms with Crippen molar-refractivity contribution in [3.05, 3.63) is 112 Å². The predicted octanol–water partition coefficient (Wildman–Crippen LogP) is 3.30. The monoisotopic (exact) mass is 586 g/mol. The summed E-state index contributed by atoms with van der Waals surface area (Å²) < 4.78 is 26.1. The second-order valence-corrected chi connectivity index (χ2v) is 10.5. The van der Waals surface area contributed by atoms with Crippen LogP contribution in [-0.4, -0.2) is 42.9 Å². The molecule has 2 heterocycles. The van der Waals surface area contributed by atoms with Gasteiger partial charge in [-0.15, -0.1) is 12.4 Å². The molecule has 3 aromatic rings. The molecule has 5 rings (SSSR count). The predicted molar refractivity (Wildman–Crippen MR) is 156 cm³/mol. The van der Waals surface area contributed by atoms with Gasteiger partial charge in [-0.05, 0) is 79.7 Å². The number of hydroxylamine groups is 1. The fourth-order valence-electron chi connectivity index (χ4n) is 5.79. The fraction of sp³-hybridized carbons (Fsp3) is 0.355. The van der Waals surface area contributed by atoms with Crippen molar-refractivity contribution in [3.63, 3.8) is 0 Å². The summed E-state index contributed by atoms with van der Waals surface area (Å²) in [6, 6.07) is 22.2. The molecule has 0 saturated carbocycles. The number of nitrogens with two attached hydrogens (primary N) is 2. The van der Waals surface area contributed by atoms with Crippen LogP contribution in [0.5, 0.6) is 0 Å². The summed E-state index contributed by atoms with van der Waals surface area (Å²) in [4.78, 5) is 26.3. The van der Waals surface area contributed by atoms with Crippen LogP contribution in [0.25, 0.3) is 0 Å². The van der Waals surface area contributed by atoms with Gasteiger partial charge >= 0.3 is 5.91 Å². The summed E-state index contributed by atoms with van der Waals surface area (Å²) >= 11 is 0. The number of benzene rings is 3. The average molecular weight is 587 g/mol. The molecule has 7 nitrogen and oxygen atoms in total. The number of carbonyl (C=O) groups excluding carboxylic acids is 2. The van der Waals surface area contributed by atoms with Crippen LogP contribution in [0.15, 0.2) is 78.9 Å². The quantitative estimate of drug-likeness (QED) is 0.384. The molecule has 0 atom stereocenters. The molecule has 2 aliphatic heterocycles. The smallest absolute Gasteiger partial charge is 0.321 e. The third-order valence-corrected chi connectivity index (χ3v) is 8.26. The van der Waals surface area contributed by atoms with E-state index >= 15 is 0 Å². The zero-order chi connectivity index (χ0) is 28.6. The topological polar surface area (TPSA) is 115 Å². The summed E-state index contributed by atoms with van der Waals surface area (Å²) in [5.41, 5.74) is 7.27. The molecular formula is C31H37ClF2N4O3. The van der Waals surface area contributed by atoms with Crippen molar-refractivity contribution in [2.75, 3.05) is 26.2 Å². The van der Waals surface area contributed by atoms with Crippen molar-refractivity contribution in [1.29, 1.82) is 0 Å². The third kappa shape index (κ3) is 7.55. The van der Waals surface area contributed by atoms with Gasteiger partial charge in [0.25, 0.3) is 0 Å². The minimum Gasteiger partial charge on any atom is -0.628 e. The van der Waals surface area contributed by atoms with Crippen LogP contribution in [-0.2, 0) is 27.0 Å². The second kappa shape index (κ2) is 14.6. The number of rotatable bonds is 6. The number of halogens is 3. The number of nitrogens with one attached hydrogen (secondary N) is 1. The van der Waals surface area contributed by atoms with Gasteiger partial charge in [0.1, 0.15) is 17.0 Å². The van der Waals surface area contributed by atoms with E-state index in [1.54, 1.807) is 24.3 Å². The van der Waals surface area contributed by atoms with E-state index in [9.17, 15) is 23.6 Å². The lowest BCUT2D eigenvalue weighted by Crippen LogP contribution is -2.86. The largest absolute Gasteiger partial charge is 0.628 e. The Bertz CT molecular complexity index is 1260. The molecule has 5 N–H and O–H groups in total. The Morgan fingerprint density at radius 3 is 1.76 bits per heavy atom. The van der Waals surface area contributed by atoms with Crippen molar-refractivity contribution in [2.45, 2.75) is 43.1 Å². The molecule has 10 heteroatoms. The number of piperidine rings is 2. The van der Waals surface area contributed by atoms with Crippen molar-refractivity contribution < 1.29 is 23.9 Å². The van der Waals surface area contributed by atoms with E-state index < -0.39 is 16.7 Å². The summed E-state index contributed by atoms with van der Waals surface area (Å²) in [5.74, 6) is -1.36. The molecule has 2 saturated heterocycles. The fourth-order valence-corrected chi connectivity index (χ4v) is 5.79. The lowest BCUT2D eigenvalue weighted by molar-refractivity contribution is -0.506. The molecule has 0 spiro atoms. The van der Waals surface area contributed by atoms with Crippen LogP contribution >= 0.6 is 12.4 Å². The molecule has 2 fully saturated rings. The summed E-state index contributed by atoms with van der Waals surface area (Å²) in [7, 11) is 0. The van der Waals surface area contributed by atoms with Crippen molar-refractivity contribution >= 4 is 24.2 Å².